The second kappa shape index (κ2) is 5.77. The van der Waals surface area contributed by atoms with Crippen molar-refractivity contribution in [3.05, 3.63) is 35.4 Å². The fourth-order valence-corrected chi connectivity index (χ4v) is 3.02. The van der Waals surface area contributed by atoms with Gasteiger partial charge in [0, 0.05) is 6.61 Å². The maximum atomic E-state index is 12.2. The van der Waals surface area contributed by atoms with Gasteiger partial charge in [0.2, 0.25) is 0 Å². The first-order valence-corrected chi connectivity index (χ1v) is 7.70. The lowest BCUT2D eigenvalue weighted by atomic mass is 9.79. The number of hydrogen-bond acceptors (Lipinski definition) is 5. The quantitative estimate of drug-likeness (QED) is 0.800. The van der Waals surface area contributed by atoms with Crippen molar-refractivity contribution in [1.82, 2.24) is 5.06 Å². The molecule has 2 aliphatic heterocycles. The fourth-order valence-electron chi connectivity index (χ4n) is 3.02. The molecule has 2 aliphatic rings. The number of amides is 2. The molecule has 0 spiro atoms. The zero-order valence-electron chi connectivity index (χ0n) is 13.2. The number of rotatable bonds is 3. The van der Waals surface area contributed by atoms with Gasteiger partial charge in [-0.1, -0.05) is 31.0 Å². The highest BCUT2D eigenvalue weighted by Crippen LogP contribution is 2.35. The summed E-state index contributed by atoms with van der Waals surface area (Å²) in [6.07, 6.45) is 1.65. The van der Waals surface area contributed by atoms with Gasteiger partial charge in [0.25, 0.3) is 11.8 Å². The van der Waals surface area contributed by atoms with Crippen molar-refractivity contribution >= 4 is 17.8 Å². The number of hydroxylamine groups is 2. The van der Waals surface area contributed by atoms with Gasteiger partial charge in [-0.25, -0.2) is 4.79 Å². The zero-order chi connectivity index (χ0) is 16.6. The Morgan fingerprint density at radius 2 is 1.87 bits per heavy atom. The number of nitrogens with zero attached hydrogens (tertiary/aromatic N) is 1. The van der Waals surface area contributed by atoms with Gasteiger partial charge in [-0.2, -0.15) is 0 Å². The van der Waals surface area contributed by atoms with E-state index in [1.807, 2.05) is 13.8 Å². The van der Waals surface area contributed by atoms with Gasteiger partial charge in [0.1, 0.15) is 0 Å². The number of fused-ring (bicyclic) bond motifs is 1. The van der Waals surface area contributed by atoms with Crippen molar-refractivity contribution in [1.29, 1.82) is 0 Å². The molecule has 1 fully saturated rings. The maximum absolute atomic E-state index is 12.2. The molecule has 0 radical (unpaired) electrons. The topological polar surface area (TPSA) is 72.9 Å². The molecule has 6 heteroatoms. The molecule has 6 nitrogen and oxygen atoms in total. The van der Waals surface area contributed by atoms with Crippen molar-refractivity contribution in [2.45, 2.75) is 39.2 Å². The normalized spacial score (nSPS) is 22.9. The summed E-state index contributed by atoms with van der Waals surface area (Å²) in [5.41, 5.74) is 0.360. The van der Waals surface area contributed by atoms with Crippen LogP contribution in [0.25, 0.3) is 0 Å². The van der Waals surface area contributed by atoms with E-state index in [-0.39, 0.29) is 29.1 Å². The summed E-state index contributed by atoms with van der Waals surface area (Å²) in [6, 6.07) is 6.40. The number of imide groups is 1. The van der Waals surface area contributed by atoms with E-state index in [4.69, 9.17) is 9.57 Å². The molecular formula is C17H19NO5. The molecule has 1 atom stereocenters. The summed E-state index contributed by atoms with van der Waals surface area (Å²) in [6.45, 7) is 4.67. The Balaban J connectivity index is 1.67. The summed E-state index contributed by atoms with van der Waals surface area (Å²) in [7, 11) is 0. The van der Waals surface area contributed by atoms with Crippen LogP contribution in [0.15, 0.2) is 24.3 Å². The third-order valence-electron chi connectivity index (χ3n) is 4.46. The first-order chi connectivity index (χ1) is 10.9. The number of benzene rings is 1. The van der Waals surface area contributed by atoms with Gasteiger partial charge in [-0.05, 0) is 30.4 Å². The lowest BCUT2D eigenvalue weighted by Gasteiger charge is -2.37. The van der Waals surface area contributed by atoms with Crippen molar-refractivity contribution in [3.63, 3.8) is 0 Å². The van der Waals surface area contributed by atoms with E-state index in [0.717, 1.165) is 12.8 Å². The zero-order valence-corrected chi connectivity index (χ0v) is 13.2. The first kappa shape index (κ1) is 15.7. The molecule has 0 aliphatic carbocycles. The van der Waals surface area contributed by atoms with Crippen LogP contribution >= 0.6 is 0 Å². The van der Waals surface area contributed by atoms with Gasteiger partial charge in [-0.3, -0.25) is 9.59 Å². The van der Waals surface area contributed by atoms with Crippen LogP contribution in [0.1, 0.15) is 53.8 Å². The van der Waals surface area contributed by atoms with E-state index in [0.29, 0.717) is 11.7 Å². The Labute approximate surface area is 134 Å². The van der Waals surface area contributed by atoms with Crippen molar-refractivity contribution in [2.75, 3.05) is 6.61 Å². The minimum Gasteiger partial charge on any atom is -0.377 e. The number of carbonyl (C=O) groups excluding carboxylic acids is 3. The van der Waals surface area contributed by atoms with Crippen LogP contribution in [-0.4, -0.2) is 35.6 Å². The standard InChI is InChI=1S/C17H19NO5/c1-17(2)8-5-9-22-13(17)10-14(19)23-18-15(20)11-6-3-4-7-12(11)16(18)21/h3-4,6-7,13H,5,8-10H2,1-2H3. The number of carbonyl (C=O) groups is 3. The van der Waals surface area contributed by atoms with Crippen LogP contribution in [-0.2, 0) is 14.4 Å². The molecule has 0 saturated carbocycles. The molecule has 122 valence electrons. The maximum Gasteiger partial charge on any atom is 0.335 e. The van der Waals surface area contributed by atoms with Crippen molar-refractivity contribution in [3.8, 4) is 0 Å². The van der Waals surface area contributed by atoms with Crippen LogP contribution in [0.5, 0.6) is 0 Å². The molecule has 0 aromatic heterocycles. The predicted molar refractivity (Wildman–Crippen MR) is 80.4 cm³/mol. The average molecular weight is 317 g/mol. The Morgan fingerprint density at radius 1 is 1.26 bits per heavy atom. The van der Waals surface area contributed by atoms with Crippen LogP contribution in [0.3, 0.4) is 0 Å². The predicted octanol–water partition coefficient (Wildman–Crippen LogP) is 2.34. The second-order valence-electron chi connectivity index (χ2n) is 6.57. The van der Waals surface area contributed by atoms with Crippen LogP contribution < -0.4 is 0 Å². The molecule has 1 saturated heterocycles. The fraction of sp³-hybridized carbons (Fsp3) is 0.471. The van der Waals surface area contributed by atoms with Gasteiger partial charge < -0.3 is 9.57 Å². The highest BCUT2D eigenvalue weighted by molar-refractivity contribution is 6.20. The smallest absolute Gasteiger partial charge is 0.335 e. The van der Waals surface area contributed by atoms with Crippen molar-refractivity contribution < 1.29 is 24.0 Å². The van der Waals surface area contributed by atoms with Crippen LogP contribution in [0, 0.1) is 5.41 Å². The molecular weight excluding hydrogens is 298 g/mol. The Hall–Kier alpha value is -2.21. The third kappa shape index (κ3) is 2.86. The van der Waals surface area contributed by atoms with Gasteiger partial charge in [0.15, 0.2) is 0 Å². The number of ether oxygens (including phenoxy) is 1. The number of hydrogen-bond donors (Lipinski definition) is 0. The molecule has 2 amide bonds. The molecule has 0 bridgehead atoms. The Kier molecular flexibility index (Phi) is 3.93. The highest BCUT2D eigenvalue weighted by atomic mass is 16.7. The summed E-state index contributed by atoms with van der Waals surface area (Å²) in [5.74, 6) is -1.86. The SMILES string of the molecule is CC1(C)CCCOC1CC(=O)ON1C(=O)c2ccccc2C1=O. The van der Waals surface area contributed by atoms with Crippen LogP contribution in [0.4, 0.5) is 0 Å². The minimum atomic E-state index is -0.639. The van der Waals surface area contributed by atoms with E-state index in [1.165, 1.54) is 12.1 Å². The lowest BCUT2D eigenvalue weighted by molar-refractivity contribution is -0.176. The summed E-state index contributed by atoms with van der Waals surface area (Å²) >= 11 is 0. The Morgan fingerprint density at radius 3 is 2.43 bits per heavy atom. The van der Waals surface area contributed by atoms with Crippen LogP contribution in [0.2, 0.25) is 0 Å². The summed E-state index contributed by atoms with van der Waals surface area (Å²) in [5, 5.41) is 0.544. The van der Waals surface area contributed by atoms with Gasteiger partial charge in [0.05, 0.1) is 23.7 Å². The van der Waals surface area contributed by atoms with Crippen molar-refractivity contribution in [2.24, 2.45) is 5.41 Å². The summed E-state index contributed by atoms with van der Waals surface area (Å²) < 4.78 is 5.65. The van der Waals surface area contributed by atoms with E-state index < -0.39 is 17.8 Å². The average Bonchev–Trinajstić information content (AvgIpc) is 2.75. The van der Waals surface area contributed by atoms with E-state index in [9.17, 15) is 14.4 Å². The third-order valence-corrected chi connectivity index (χ3v) is 4.46. The molecule has 0 N–H and O–H groups in total. The van der Waals surface area contributed by atoms with Gasteiger partial charge >= 0.3 is 5.97 Å². The minimum absolute atomic E-state index is 0.0143. The monoisotopic (exact) mass is 317 g/mol. The van der Waals surface area contributed by atoms with E-state index >= 15 is 0 Å². The molecule has 23 heavy (non-hydrogen) atoms. The Bertz CT molecular complexity index is 632. The molecule has 2 heterocycles. The second-order valence-corrected chi connectivity index (χ2v) is 6.57. The molecule has 3 rings (SSSR count). The lowest BCUT2D eigenvalue weighted by Crippen LogP contribution is -2.40. The molecule has 1 unspecified atom stereocenters. The highest BCUT2D eigenvalue weighted by Gasteiger charge is 2.40. The van der Waals surface area contributed by atoms with E-state index in [2.05, 4.69) is 0 Å². The first-order valence-electron chi connectivity index (χ1n) is 7.70. The summed E-state index contributed by atoms with van der Waals surface area (Å²) in [4.78, 5) is 41.5. The van der Waals surface area contributed by atoms with Gasteiger partial charge in [-0.15, -0.1) is 0 Å². The molecule has 1 aromatic carbocycles. The molecule has 1 aromatic rings. The van der Waals surface area contributed by atoms with E-state index in [1.54, 1.807) is 12.1 Å². The largest absolute Gasteiger partial charge is 0.377 e.